The highest BCUT2D eigenvalue weighted by Gasteiger charge is 2.14. The Kier molecular flexibility index (Phi) is 4.42. The monoisotopic (exact) mass is 354 g/mol. The molecular weight excluding hydrogens is 336 g/mol. The van der Waals surface area contributed by atoms with Gasteiger partial charge in [-0.1, -0.05) is 42.5 Å². The Morgan fingerprint density at radius 1 is 1.17 bits per heavy atom. The topological polar surface area (TPSA) is 36.9 Å². The van der Waals surface area contributed by atoms with Crippen molar-refractivity contribution in [1.29, 1.82) is 0 Å². The van der Waals surface area contributed by atoms with Crippen molar-refractivity contribution in [2.24, 2.45) is 0 Å². The Labute approximate surface area is 150 Å². The first kappa shape index (κ1) is 15.5. The van der Waals surface area contributed by atoms with Crippen LogP contribution in [-0.2, 0) is 6.67 Å². The zero-order valence-electron chi connectivity index (χ0n) is 13.2. The van der Waals surface area contributed by atoms with Gasteiger partial charge in [-0.15, -0.1) is 11.3 Å². The molecule has 0 radical (unpaired) electrons. The molecule has 1 aromatic carbocycles. The third kappa shape index (κ3) is 3.26. The maximum Gasteiger partial charge on any atom is 0.217 e. The first-order valence-corrected chi connectivity index (χ1v) is 9.26. The number of nitrogens with zero attached hydrogens (tertiary/aromatic N) is 3. The van der Waals surface area contributed by atoms with E-state index < -0.39 is 0 Å². The number of thiophene rings is 1. The molecule has 0 fully saturated rings. The first-order valence-electron chi connectivity index (χ1n) is 7.97. The molecule has 0 saturated carbocycles. The zero-order chi connectivity index (χ0) is 16.4. The van der Waals surface area contributed by atoms with Crippen LogP contribution in [0.1, 0.15) is 12.0 Å². The molecule has 4 nitrogen and oxygen atoms in total. The molecule has 0 saturated heterocycles. The SMILES string of the molecule is S=c1nc(-c2cccs2)[nH]n1CN1CC=C(c2ccccc2)CC1. The summed E-state index contributed by atoms with van der Waals surface area (Å²) in [6.45, 7) is 2.70. The molecule has 1 N–H and O–H groups in total. The summed E-state index contributed by atoms with van der Waals surface area (Å²) < 4.78 is 2.56. The molecule has 4 rings (SSSR count). The lowest BCUT2D eigenvalue weighted by Crippen LogP contribution is -2.31. The van der Waals surface area contributed by atoms with E-state index in [9.17, 15) is 0 Å². The number of aromatic nitrogens is 3. The van der Waals surface area contributed by atoms with E-state index in [1.54, 1.807) is 11.3 Å². The van der Waals surface area contributed by atoms with Crippen molar-refractivity contribution in [3.63, 3.8) is 0 Å². The molecule has 24 heavy (non-hydrogen) atoms. The second kappa shape index (κ2) is 6.84. The van der Waals surface area contributed by atoms with Gasteiger partial charge in [0.15, 0.2) is 5.82 Å². The molecule has 1 aliphatic rings. The van der Waals surface area contributed by atoms with Crippen molar-refractivity contribution in [2.45, 2.75) is 13.1 Å². The normalized spacial score (nSPS) is 15.4. The van der Waals surface area contributed by atoms with Gasteiger partial charge in [-0.3, -0.25) is 10.00 Å². The highest BCUT2D eigenvalue weighted by Crippen LogP contribution is 2.23. The molecule has 0 spiro atoms. The quantitative estimate of drug-likeness (QED) is 0.705. The lowest BCUT2D eigenvalue weighted by Gasteiger charge is -2.26. The lowest BCUT2D eigenvalue weighted by molar-refractivity contribution is 0.226. The van der Waals surface area contributed by atoms with Crippen LogP contribution in [-0.4, -0.2) is 32.8 Å². The molecule has 0 amide bonds. The molecule has 0 bridgehead atoms. The second-order valence-corrected chi connectivity index (χ2v) is 7.14. The highest BCUT2D eigenvalue weighted by molar-refractivity contribution is 7.71. The van der Waals surface area contributed by atoms with Gasteiger partial charge >= 0.3 is 0 Å². The summed E-state index contributed by atoms with van der Waals surface area (Å²) in [5.41, 5.74) is 2.76. The van der Waals surface area contributed by atoms with E-state index in [4.69, 9.17) is 12.2 Å². The van der Waals surface area contributed by atoms with Gasteiger partial charge in [0.2, 0.25) is 4.77 Å². The van der Waals surface area contributed by atoms with Crippen LogP contribution >= 0.6 is 23.6 Å². The van der Waals surface area contributed by atoms with Crippen molar-refractivity contribution in [3.8, 4) is 10.7 Å². The first-order chi connectivity index (χ1) is 11.8. The number of hydrogen-bond acceptors (Lipinski definition) is 4. The molecule has 3 aromatic rings. The third-order valence-electron chi connectivity index (χ3n) is 4.21. The van der Waals surface area contributed by atoms with E-state index in [0.29, 0.717) is 4.77 Å². The maximum atomic E-state index is 5.40. The van der Waals surface area contributed by atoms with Gasteiger partial charge in [-0.05, 0) is 41.2 Å². The number of H-pyrrole nitrogens is 1. The van der Waals surface area contributed by atoms with E-state index in [1.165, 1.54) is 11.1 Å². The minimum Gasteiger partial charge on any atom is -0.280 e. The average molecular weight is 355 g/mol. The largest absolute Gasteiger partial charge is 0.280 e. The molecule has 0 aliphatic carbocycles. The van der Waals surface area contributed by atoms with E-state index in [-0.39, 0.29) is 0 Å². The Hall–Kier alpha value is -2.02. The number of hydrogen-bond donors (Lipinski definition) is 1. The molecule has 2 aromatic heterocycles. The van der Waals surface area contributed by atoms with Crippen LogP contribution in [0.15, 0.2) is 53.9 Å². The minimum absolute atomic E-state index is 0.608. The van der Waals surface area contributed by atoms with Crippen LogP contribution in [0.3, 0.4) is 0 Å². The van der Waals surface area contributed by atoms with Crippen LogP contribution in [0.4, 0.5) is 0 Å². The molecular formula is C18H18N4S2. The summed E-state index contributed by atoms with van der Waals surface area (Å²) in [5, 5.41) is 5.37. The predicted octanol–water partition coefficient (Wildman–Crippen LogP) is 4.42. The zero-order valence-corrected chi connectivity index (χ0v) is 14.8. The van der Waals surface area contributed by atoms with Gasteiger partial charge in [0.1, 0.15) is 0 Å². The number of aromatic amines is 1. The highest BCUT2D eigenvalue weighted by atomic mass is 32.1. The summed E-state index contributed by atoms with van der Waals surface area (Å²) in [6, 6.07) is 14.7. The molecule has 3 heterocycles. The Bertz CT molecular complexity index is 891. The van der Waals surface area contributed by atoms with E-state index in [1.807, 2.05) is 16.1 Å². The predicted molar refractivity (Wildman–Crippen MR) is 101 cm³/mol. The van der Waals surface area contributed by atoms with Crippen molar-refractivity contribution in [3.05, 3.63) is 64.3 Å². The summed E-state index contributed by atoms with van der Waals surface area (Å²) in [6.07, 6.45) is 3.38. The molecule has 1 aliphatic heterocycles. The van der Waals surface area contributed by atoms with Crippen LogP contribution in [0.2, 0.25) is 0 Å². The molecule has 0 unspecified atom stereocenters. The smallest absolute Gasteiger partial charge is 0.217 e. The molecule has 6 heteroatoms. The summed E-state index contributed by atoms with van der Waals surface area (Å²) >= 11 is 7.06. The van der Waals surface area contributed by atoms with Crippen molar-refractivity contribution in [2.75, 3.05) is 13.1 Å². The summed E-state index contributed by atoms with van der Waals surface area (Å²) in [5.74, 6) is 0.854. The van der Waals surface area contributed by atoms with Crippen molar-refractivity contribution < 1.29 is 0 Å². The van der Waals surface area contributed by atoms with Crippen molar-refractivity contribution >= 4 is 29.1 Å². The van der Waals surface area contributed by atoms with Gasteiger partial charge in [0.25, 0.3) is 0 Å². The van der Waals surface area contributed by atoms with Gasteiger partial charge < -0.3 is 0 Å². The second-order valence-electron chi connectivity index (χ2n) is 5.82. The van der Waals surface area contributed by atoms with Crippen LogP contribution in [0.5, 0.6) is 0 Å². The van der Waals surface area contributed by atoms with E-state index >= 15 is 0 Å². The maximum absolute atomic E-state index is 5.40. The van der Waals surface area contributed by atoms with Gasteiger partial charge in [0.05, 0.1) is 11.5 Å². The molecule has 0 atom stereocenters. The lowest BCUT2D eigenvalue weighted by atomic mass is 10.00. The Morgan fingerprint density at radius 3 is 2.75 bits per heavy atom. The number of benzene rings is 1. The van der Waals surface area contributed by atoms with Crippen LogP contribution < -0.4 is 0 Å². The fraction of sp³-hybridized carbons (Fsp3) is 0.222. The summed E-state index contributed by atoms with van der Waals surface area (Å²) in [7, 11) is 0. The van der Waals surface area contributed by atoms with Gasteiger partial charge in [-0.25, -0.2) is 4.68 Å². The number of nitrogens with one attached hydrogen (secondary N) is 1. The van der Waals surface area contributed by atoms with Gasteiger partial charge in [-0.2, -0.15) is 4.98 Å². The standard InChI is InChI=1S/C18H18N4S2/c23-18-19-17(16-7-4-12-24-16)20-22(18)13-21-10-8-15(9-11-21)14-5-2-1-3-6-14/h1-8,12H,9-11,13H2,(H,19,20,23). The summed E-state index contributed by atoms with van der Waals surface area (Å²) in [4.78, 5) is 7.96. The van der Waals surface area contributed by atoms with E-state index in [0.717, 1.165) is 36.9 Å². The van der Waals surface area contributed by atoms with Crippen molar-refractivity contribution in [1.82, 2.24) is 19.7 Å². The Morgan fingerprint density at radius 2 is 2.04 bits per heavy atom. The Balaban J connectivity index is 1.46. The van der Waals surface area contributed by atoms with Crippen LogP contribution in [0.25, 0.3) is 16.3 Å². The average Bonchev–Trinajstić information content (AvgIpc) is 3.27. The van der Waals surface area contributed by atoms with Crippen LogP contribution in [0, 0.1) is 4.77 Å². The minimum atomic E-state index is 0.608. The fourth-order valence-corrected chi connectivity index (χ4v) is 3.79. The van der Waals surface area contributed by atoms with E-state index in [2.05, 4.69) is 57.5 Å². The number of rotatable bonds is 4. The third-order valence-corrected chi connectivity index (χ3v) is 5.40. The molecule has 122 valence electrons. The fourth-order valence-electron chi connectivity index (χ4n) is 2.93. The van der Waals surface area contributed by atoms with Gasteiger partial charge in [0, 0.05) is 13.1 Å².